The van der Waals surface area contributed by atoms with Crippen molar-refractivity contribution in [1.82, 2.24) is 5.32 Å². The first-order chi connectivity index (χ1) is 9.69. The largest absolute Gasteiger partial charge is 0.379 e. The van der Waals surface area contributed by atoms with Gasteiger partial charge in [-0.25, -0.2) is 0 Å². The summed E-state index contributed by atoms with van der Waals surface area (Å²) in [4.78, 5) is 0. The fourth-order valence-corrected chi connectivity index (χ4v) is 2.42. The SMILES string of the molecule is CCCNC(CC(C)(C)OC)c1ccc(C(C)(C)C)cc1. The first kappa shape index (κ1) is 18.2. The number of hydrogen-bond donors (Lipinski definition) is 1. The average Bonchev–Trinajstić information content (AvgIpc) is 2.42. The zero-order chi connectivity index (χ0) is 16.1. The van der Waals surface area contributed by atoms with Gasteiger partial charge < -0.3 is 10.1 Å². The first-order valence-electron chi connectivity index (χ1n) is 8.08. The van der Waals surface area contributed by atoms with Gasteiger partial charge in [0.1, 0.15) is 0 Å². The first-order valence-corrected chi connectivity index (χ1v) is 8.08. The summed E-state index contributed by atoms with van der Waals surface area (Å²) < 4.78 is 5.61. The third-order valence-electron chi connectivity index (χ3n) is 4.07. The van der Waals surface area contributed by atoms with Crippen LogP contribution in [0.5, 0.6) is 0 Å². The van der Waals surface area contributed by atoms with Crippen molar-refractivity contribution in [2.24, 2.45) is 0 Å². The lowest BCUT2D eigenvalue weighted by molar-refractivity contribution is 0.00684. The Bertz CT molecular complexity index is 414. The third-order valence-corrected chi connectivity index (χ3v) is 4.07. The maximum atomic E-state index is 5.61. The number of hydrogen-bond acceptors (Lipinski definition) is 2. The van der Waals surface area contributed by atoms with E-state index in [2.05, 4.69) is 71.1 Å². The van der Waals surface area contributed by atoms with E-state index in [0.29, 0.717) is 6.04 Å². The van der Waals surface area contributed by atoms with Crippen molar-refractivity contribution >= 4 is 0 Å². The van der Waals surface area contributed by atoms with E-state index in [0.717, 1.165) is 19.4 Å². The Morgan fingerprint density at radius 2 is 1.62 bits per heavy atom. The van der Waals surface area contributed by atoms with Gasteiger partial charge in [-0.15, -0.1) is 0 Å². The van der Waals surface area contributed by atoms with Gasteiger partial charge in [0.2, 0.25) is 0 Å². The van der Waals surface area contributed by atoms with E-state index < -0.39 is 0 Å². The minimum absolute atomic E-state index is 0.117. The lowest BCUT2D eigenvalue weighted by Crippen LogP contribution is -2.32. The second kappa shape index (κ2) is 7.42. The van der Waals surface area contributed by atoms with Crippen molar-refractivity contribution in [2.45, 2.75) is 71.4 Å². The summed E-state index contributed by atoms with van der Waals surface area (Å²) in [5.41, 5.74) is 2.82. The maximum Gasteiger partial charge on any atom is 0.0640 e. The van der Waals surface area contributed by atoms with Crippen molar-refractivity contribution in [3.63, 3.8) is 0 Å². The van der Waals surface area contributed by atoms with Crippen LogP contribution in [0, 0.1) is 0 Å². The molecule has 0 heterocycles. The number of ether oxygens (including phenoxy) is 1. The molecule has 0 saturated heterocycles. The fourth-order valence-electron chi connectivity index (χ4n) is 2.42. The molecule has 1 rings (SSSR count). The Kier molecular flexibility index (Phi) is 6.42. The summed E-state index contributed by atoms with van der Waals surface area (Å²) in [6, 6.07) is 9.39. The van der Waals surface area contributed by atoms with Crippen LogP contribution in [0.4, 0.5) is 0 Å². The van der Waals surface area contributed by atoms with Gasteiger partial charge in [0.05, 0.1) is 5.60 Å². The van der Waals surface area contributed by atoms with Crippen LogP contribution in [0.1, 0.15) is 71.6 Å². The van der Waals surface area contributed by atoms with E-state index in [9.17, 15) is 0 Å². The molecule has 0 aliphatic rings. The molecule has 1 atom stereocenters. The van der Waals surface area contributed by atoms with Gasteiger partial charge >= 0.3 is 0 Å². The van der Waals surface area contributed by atoms with Gasteiger partial charge in [-0.3, -0.25) is 0 Å². The topological polar surface area (TPSA) is 21.3 Å². The fraction of sp³-hybridized carbons (Fsp3) is 0.684. The highest BCUT2D eigenvalue weighted by molar-refractivity contribution is 5.29. The normalized spacial score (nSPS) is 14.2. The molecule has 2 nitrogen and oxygen atoms in total. The van der Waals surface area contributed by atoms with Crippen LogP contribution in [0.3, 0.4) is 0 Å². The van der Waals surface area contributed by atoms with Crippen LogP contribution in [0.25, 0.3) is 0 Å². The number of methoxy groups -OCH3 is 1. The molecule has 0 spiro atoms. The van der Waals surface area contributed by atoms with Crippen LogP contribution in [-0.2, 0) is 10.2 Å². The molecule has 0 aliphatic heterocycles. The number of nitrogens with one attached hydrogen (secondary N) is 1. The molecule has 2 heteroatoms. The van der Waals surface area contributed by atoms with E-state index in [1.807, 2.05) is 0 Å². The second-order valence-corrected chi connectivity index (χ2v) is 7.55. The molecule has 1 N–H and O–H groups in total. The molecule has 1 aromatic rings. The number of benzene rings is 1. The van der Waals surface area contributed by atoms with E-state index in [-0.39, 0.29) is 11.0 Å². The van der Waals surface area contributed by atoms with Gasteiger partial charge in [0, 0.05) is 13.2 Å². The molecule has 0 fully saturated rings. The van der Waals surface area contributed by atoms with Crippen LogP contribution < -0.4 is 5.32 Å². The summed E-state index contributed by atoms with van der Waals surface area (Å²) in [6.45, 7) is 14.3. The molecule has 120 valence electrons. The van der Waals surface area contributed by atoms with E-state index in [1.165, 1.54) is 11.1 Å². The average molecular weight is 291 g/mol. The molecule has 0 aromatic heterocycles. The smallest absolute Gasteiger partial charge is 0.0640 e. The van der Waals surface area contributed by atoms with Crippen LogP contribution in [-0.4, -0.2) is 19.3 Å². The van der Waals surface area contributed by atoms with Crippen LogP contribution in [0.2, 0.25) is 0 Å². The highest BCUT2D eigenvalue weighted by atomic mass is 16.5. The molecular weight excluding hydrogens is 258 g/mol. The summed E-state index contributed by atoms with van der Waals surface area (Å²) in [7, 11) is 1.79. The molecule has 0 saturated carbocycles. The second-order valence-electron chi connectivity index (χ2n) is 7.55. The quantitative estimate of drug-likeness (QED) is 0.776. The minimum atomic E-state index is -0.117. The molecule has 0 radical (unpaired) electrons. The summed E-state index contributed by atoms with van der Waals surface area (Å²) in [5, 5.41) is 3.65. The summed E-state index contributed by atoms with van der Waals surface area (Å²) >= 11 is 0. The minimum Gasteiger partial charge on any atom is -0.379 e. The predicted molar refractivity (Wildman–Crippen MR) is 91.9 cm³/mol. The Morgan fingerprint density at radius 3 is 2.05 bits per heavy atom. The van der Waals surface area contributed by atoms with E-state index in [1.54, 1.807) is 7.11 Å². The van der Waals surface area contributed by atoms with Gasteiger partial charge in [-0.1, -0.05) is 52.0 Å². The van der Waals surface area contributed by atoms with Crippen molar-refractivity contribution in [2.75, 3.05) is 13.7 Å². The van der Waals surface area contributed by atoms with Gasteiger partial charge in [0.25, 0.3) is 0 Å². The number of rotatable bonds is 7. The molecule has 1 unspecified atom stereocenters. The Labute approximate surface area is 131 Å². The van der Waals surface area contributed by atoms with Crippen LogP contribution in [0.15, 0.2) is 24.3 Å². The van der Waals surface area contributed by atoms with Crippen molar-refractivity contribution < 1.29 is 4.74 Å². The Morgan fingerprint density at radius 1 is 1.05 bits per heavy atom. The van der Waals surface area contributed by atoms with Gasteiger partial charge in [0.15, 0.2) is 0 Å². The standard InChI is InChI=1S/C19H33NO/c1-8-13-20-17(14-19(5,6)21-7)15-9-11-16(12-10-15)18(2,3)4/h9-12,17,20H,8,13-14H2,1-7H3. The van der Waals surface area contributed by atoms with E-state index >= 15 is 0 Å². The Hall–Kier alpha value is -0.860. The van der Waals surface area contributed by atoms with Gasteiger partial charge in [-0.05, 0) is 49.8 Å². The highest BCUT2D eigenvalue weighted by Gasteiger charge is 2.24. The van der Waals surface area contributed by atoms with Crippen molar-refractivity contribution in [3.05, 3.63) is 35.4 Å². The van der Waals surface area contributed by atoms with Gasteiger partial charge in [-0.2, -0.15) is 0 Å². The molecular formula is C19H33NO. The molecule has 1 aromatic carbocycles. The highest BCUT2D eigenvalue weighted by Crippen LogP contribution is 2.28. The monoisotopic (exact) mass is 291 g/mol. The molecule has 0 amide bonds. The lowest BCUT2D eigenvalue weighted by Gasteiger charge is -2.30. The predicted octanol–water partition coefficient (Wildman–Crippen LogP) is 4.84. The lowest BCUT2D eigenvalue weighted by atomic mass is 9.85. The van der Waals surface area contributed by atoms with E-state index in [4.69, 9.17) is 4.74 Å². The maximum absolute atomic E-state index is 5.61. The molecule has 21 heavy (non-hydrogen) atoms. The van der Waals surface area contributed by atoms with Crippen molar-refractivity contribution in [3.8, 4) is 0 Å². The molecule has 0 aliphatic carbocycles. The summed E-state index contributed by atoms with van der Waals surface area (Å²) in [6.07, 6.45) is 2.11. The zero-order valence-corrected chi connectivity index (χ0v) is 14.9. The van der Waals surface area contributed by atoms with Crippen molar-refractivity contribution in [1.29, 1.82) is 0 Å². The Balaban J connectivity index is 2.92. The molecule has 0 bridgehead atoms. The summed E-state index contributed by atoms with van der Waals surface area (Å²) in [5.74, 6) is 0. The third kappa shape index (κ3) is 5.80. The zero-order valence-electron chi connectivity index (χ0n) is 14.9. The van der Waals surface area contributed by atoms with Crippen LogP contribution >= 0.6 is 0 Å².